The van der Waals surface area contributed by atoms with Crippen LogP contribution in [0.25, 0.3) is 84.3 Å². The lowest BCUT2D eigenvalue weighted by Crippen LogP contribution is -2.02. The van der Waals surface area contributed by atoms with Crippen molar-refractivity contribution in [1.82, 2.24) is 24.5 Å². The van der Waals surface area contributed by atoms with Gasteiger partial charge in [-0.3, -0.25) is 4.57 Å². The van der Waals surface area contributed by atoms with E-state index in [9.17, 15) is 0 Å². The minimum atomic E-state index is 0.638. The predicted molar refractivity (Wildman–Crippen MR) is 216 cm³/mol. The van der Waals surface area contributed by atoms with Gasteiger partial charge in [0.2, 0.25) is 0 Å². The third-order valence-electron chi connectivity index (χ3n) is 9.66. The molecule has 53 heavy (non-hydrogen) atoms. The van der Waals surface area contributed by atoms with E-state index in [0.717, 1.165) is 73.5 Å². The molecule has 9 aromatic rings. The Bertz CT molecular complexity index is 2640. The fourth-order valence-electron chi connectivity index (χ4n) is 7.06. The highest BCUT2D eigenvalue weighted by Gasteiger charge is 2.17. The van der Waals surface area contributed by atoms with E-state index in [4.69, 9.17) is 19.9 Å². The van der Waals surface area contributed by atoms with Crippen LogP contribution in [0.5, 0.6) is 0 Å². The van der Waals surface area contributed by atoms with Crippen molar-refractivity contribution in [3.05, 3.63) is 188 Å². The van der Waals surface area contributed by atoms with Crippen LogP contribution in [-0.4, -0.2) is 24.5 Å². The SMILES string of the molecule is CCc1nc2ccccc2n1-c1ccccc1-c1ccc(-c2cccc(-c3ccccc3-c3nc(-c4ccccc4)nc(-c4ccccc4)n3)c2)cc1. The summed E-state index contributed by atoms with van der Waals surface area (Å²) in [6.07, 6.45) is 0.844. The topological polar surface area (TPSA) is 56.5 Å². The number of hydrogen-bond donors (Lipinski definition) is 0. The van der Waals surface area contributed by atoms with Gasteiger partial charge in [0, 0.05) is 28.7 Å². The molecular formula is C48H35N5. The zero-order chi connectivity index (χ0) is 35.6. The Morgan fingerprint density at radius 3 is 1.60 bits per heavy atom. The van der Waals surface area contributed by atoms with Crippen LogP contribution in [0.4, 0.5) is 0 Å². The van der Waals surface area contributed by atoms with Gasteiger partial charge in [0.15, 0.2) is 17.5 Å². The summed E-state index contributed by atoms with van der Waals surface area (Å²) in [4.78, 5) is 19.9. The number of fused-ring (bicyclic) bond motifs is 1. The van der Waals surface area contributed by atoms with Crippen molar-refractivity contribution in [2.75, 3.05) is 0 Å². The number of hydrogen-bond acceptors (Lipinski definition) is 4. The Kier molecular flexibility index (Phi) is 8.43. The molecule has 0 unspecified atom stereocenters. The van der Waals surface area contributed by atoms with E-state index < -0.39 is 0 Å². The minimum absolute atomic E-state index is 0.638. The zero-order valence-electron chi connectivity index (χ0n) is 29.3. The number of nitrogens with zero attached hydrogens (tertiary/aromatic N) is 5. The van der Waals surface area contributed by atoms with Gasteiger partial charge in [-0.1, -0.05) is 165 Å². The predicted octanol–water partition coefficient (Wildman–Crippen LogP) is 11.8. The number of aromatic nitrogens is 5. The summed E-state index contributed by atoms with van der Waals surface area (Å²) >= 11 is 0. The molecule has 0 saturated heterocycles. The van der Waals surface area contributed by atoms with E-state index in [2.05, 4.69) is 121 Å². The standard InChI is InChI=1S/C48H35N5/c1-2-45-49-42-25-12-14-27-44(42)53(45)43-26-13-11-23-40(43)34-30-28-33(29-31-34)37-20-15-21-38(32-37)39-22-9-10-24-41(39)48-51-46(35-16-5-3-6-17-35)50-47(52-48)36-18-7-4-8-19-36/h3-32H,2H2,1H3. The van der Waals surface area contributed by atoms with Gasteiger partial charge in [-0.15, -0.1) is 0 Å². The Labute approximate surface area is 309 Å². The van der Waals surface area contributed by atoms with E-state index >= 15 is 0 Å². The first-order valence-electron chi connectivity index (χ1n) is 18.0. The van der Waals surface area contributed by atoms with Crippen molar-refractivity contribution < 1.29 is 0 Å². The number of benzene rings is 7. The molecule has 9 rings (SSSR count). The Morgan fingerprint density at radius 1 is 0.377 bits per heavy atom. The summed E-state index contributed by atoms with van der Waals surface area (Å²) < 4.78 is 2.30. The Balaban J connectivity index is 1.09. The fraction of sp³-hybridized carbons (Fsp3) is 0.0417. The summed E-state index contributed by atoms with van der Waals surface area (Å²) in [7, 11) is 0. The van der Waals surface area contributed by atoms with E-state index in [0.29, 0.717) is 17.5 Å². The van der Waals surface area contributed by atoms with Gasteiger partial charge in [0.05, 0.1) is 16.7 Å². The average molecular weight is 682 g/mol. The second-order valence-corrected chi connectivity index (χ2v) is 13.0. The molecule has 0 N–H and O–H groups in total. The maximum atomic E-state index is 5.03. The van der Waals surface area contributed by atoms with Crippen molar-refractivity contribution in [3.8, 4) is 73.2 Å². The fourth-order valence-corrected chi connectivity index (χ4v) is 7.06. The van der Waals surface area contributed by atoms with E-state index in [1.54, 1.807) is 0 Å². The molecule has 0 atom stereocenters. The number of para-hydroxylation sites is 3. The molecule has 0 aliphatic heterocycles. The van der Waals surface area contributed by atoms with Crippen LogP contribution in [0.3, 0.4) is 0 Å². The van der Waals surface area contributed by atoms with Crippen LogP contribution in [0.15, 0.2) is 182 Å². The van der Waals surface area contributed by atoms with E-state index in [1.165, 1.54) is 5.56 Å². The van der Waals surface area contributed by atoms with Crippen molar-refractivity contribution in [2.45, 2.75) is 13.3 Å². The monoisotopic (exact) mass is 681 g/mol. The van der Waals surface area contributed by atoms with Crippen LogP contribution in [0.1, 0.15) is 12.7 Å². The first-order chi connectivity index (χ1) is 26.2. The van der Waals surface area contributed by atoms with Crippen LogP contribution < -0.4 is 0 Å². The normalized spacial score (nSPS) is 11.2. The highest BCUT2D eigenvalue weighted by atomic mass is 15.1. The summed E-state index contributed by atoms with van der Waals surface area (Å²) in [6.45, 7) is 2.16. The van der Waals surface area contributed by atoms with Crippen molar-refractivity contribution >= 4 is 11.0 Å². The van der Waals surface area contributed by atoms with Gasteiger partial charge >= 0.3 is 0 Å². The number of aryl methyl sites for hydroxylation is 1. The minimum Gasteiger partial charge on any atom is -0.296 e. The first-order valence-corrected chi connectivity index (χ1v) is 18.0. The van der Waals surface area contributed by atoms with Gasteiger partial charge < -0.3 is 0 Å². The third kappa shape index (κ3) is 6.19. The van der Waals surface area contributed by atoms with Crippen molar-refractivity contribution in [1.29, 1.82) is 0 Å². The highest BCUT2D eigenvalue weighted by molar-refractivity contribution is 5.86. The summed E-state index contributed by atoms with van der Waals surface area (Å²) in [5.74, 6) is 2.98. The molecule has 0 saturated carbocycles. The molecule has 0 bridgehead atoms. The molecule has 2 aromatic heterocycles. The number of rotatable bonds is 8. The molecule has 0 spiro atoms. The van der Waals surface area contributed by atoms with Crippen LogP contribution in [0.2, 0.25) is 0 Å². The summed E-state index contributed by atoms with van der Waals surface area (Å²) in [5, 5.41) is 0. The second kappa shape index (κ2) is 14.0. The van der Waals surface area contributed by atoms with Gasteiger partial charge in [-0.05, 0) is 52.1 Å². The Morgan fingerprint density at radius 2 is 0.906 bits per heavy atom. The number of imidazole rings is 1. The van der Waals surface area contributed by atoms with Crippen molar-refractivity contribution in [2.24, 2.45) is 0 Å². The highest BCUT2D eigenvalue weighted by Crippen LogP contribution is 2.36. The van der Waals surface area contributed by atoms with Crippen LogP contribution in [0, 0.1) is 0 Å². The molecule has 0 aliphatic carbocycles. The molecular weight excluding hydrogens is 647 g/mol. The van der Waals surface area contributed by atoms with E-state index in [-0.39, 0.29) is 0 Å². The molecule has 0 aliphatic rings. The van der Waals surface area contributed by atoms with Gasteiger partial charge in [0.1, 0.15) is 5.82 Å². The molecule has 252 valence electrons. The molecule has 7 aromatic carbocycles. The first kappa shape index (κ1) is 32.0. The Hall–Kier alpha value is -6.98. The van der Waals surface area contributed by atoms with Crippen LogP contribution >= 0.6 is 0 Å². The molecule has 5 nitrogen and oxygen atoms in total. The van der Waals surface area contributed by atoms with Gasteiger partial charge in [-0.25, -0.2) is 19.9 Å². The van der Waals surface area contributed by atoms with Gasteiger partial charge in [-0.2, -0.15) is 0 Å². The average Bonchev–Trinajstić information content (AvgIpc) is 3.63. The quantitative estimate of drug-likeness (QED) is 0.160. The smallest absolute Gasteiger partial charge is 0.164 e. The molecule has 0 amide bonds. The molecule has 0 fully saturated rings. The molecule has 5 heteroatoms. The third-order valence-corrected chi connectivity index (χ3v) is 9.66. The largest absolute Gasteiger partial charge is 0.296 e. The summed E-state index contributed by atoms with van der Waals surface area (Å²) in [5.41, 5.74) is 12.9. The lowest BCUT2D eigenvalue weighted by atomic mass is 9.94. The van der Waals surface area contributed by atoms with E-state index in [1.807, 2.05) is 72.8 Å². The molecule has 0 radical (unpaired) electrons. The van der Waals surface area contributed by atoms with Crippen LogP contribution in [-0.2, 0) is 6.42 Å². The lowest BCUT2D eigenvalue weighted by Gasteiger charge is -2.15. The molecule has 2 heterocycles. The zero-order valence-corrected chi connectivity index (χ0v) is 29.3. The summed E-state index contributed by atoms with van der Waals surface area (Å²) in [6, 6.07) is 63.1. The lowest BCUT2D eigenvalue weighted by molar-refractivity contribution is 0.909. The maximum Gasteiger partial charge on any atom is 0.164 e. The maximum absolute atomic E-state index is 5.03. The van der Waals surface area contributed by atoms with Gasteiger partial charge in [0.25, 0.3) is 0 Å². The van der Waals surface area contributed by atoms with Crippen molar-refractivity contribution in [3.63, 3.8) is 0 Å². The second-order valence-electron chi connectivity index (χ2n) is 13.0.